The van der Waals surface area contributed by atoms with Crippen molar-refractivity contribution in [1.82, 2.24) is 5.32 Å². The summed E-state index contributed by atoms with van der Waals surface area (Å²) in [4.78, 5) is 19.0. The highest BCUT2D eigenvalue weighted by molar-refractivity contribution is 7.91. The van der Waals surface area contributed by atoms with Gasteiger partial charge in [-0.25, -0.2) is 13.4 Å². The van der Waals surface area contributed by atoms with Gasteiger partial charge in [-0.15, -0.1) is 0 Å². The summed E-state index contributed by atoms with van der Waals surface area (Å²) in [5, 5.41) is 12.7. The number of carbonyl (C=O) groups excluding carboxylic acids is 1. The van der Waals surface area contributed by atoms with E-state index in [1.165, 1.54) is 12.1 Å². The molecule has 11 heteroatoms. The summed E-state index contributed by atoms with van der Waals surface area (Å²) in [7, 11) is -3.75. The number of nitrogens with zero attached hydrogens (tertiary/aromatic N) is 1. The van der Waals surface area contributed by atoms with Crippen molar-refractivity contribution in [2.75, 3.05) is 19.0 Å². The predicted octanol–water partition coefficient (Wildman–Crippen LogP) is 5.15. The van der Waals surface area contributed by atoms with E-state index in [9.17, 15) is 13.2 Å². The molecule has 0 bridgehead atoms. The highest BCUT2D eigenvalue weighted by Gasteiger charge is 2.55. The molecule has 3 aromatic rings. The zero-order chi connectivity index (χ0) is 29.0. The number of halogens is 2. The highest BCUT2D eigenvalue weighted by Crippen LogP contribution is 2.46. The molecule has 0 radical (unpaired) electrons. The molecule has 2 aliphatic rings. The third-order valence-corrected chi connectivity index (χ3v) is 9.34. The molecule has 5 rings (SSSR count). The van der Waals surface area contributed by atoms with Gasteiger partial charge in [0.15, 0.2) is 21.5 Å². The number of rotatable bonds is 12. The third kappa shape index (κ3) is 6.70. The van der Waals surface area contributed by atoms with Crippen LogP contribution in [0.25, 0.3) is 0 Å². The Hall–Kier alpha value is -3.11. The average molecular weight is 618 g/mol. The van der Waals surface area contributed by atoms with Crippen molar-refractivity contribution in [3.05, 3.63) is 94.0 Å². The Morgan fingerprint density at radius 3 is 2.46 bits per heavy atom. The van der Waals surface area contributed by atoms with Gasteiger partial charge in [0.2, 0.25) is 5.90 Å². The Morgan fingerprint density at radius 2 is 1.80 bits per heavy atom. The SMILES string of the molecule is O=C(NC1CC1)[C@]1(CCS(=O)(=O)c2ccccc2)N=C(c2ccc(OCCCO)cc2)O[C@@H]1c1ccc(Cl)cc1Cl. The average Bonchev–Trinajstić information content (AvgIpc) is 3.70. The van der Waals surface area contributed by atoms with Crippen LogP contribution in [0, 0.1) is 0 Å². The molecule has 0 spiro atoms. The quantitative estimate of drug-likeness (QED) is 0.272. The molecule has 1 amide bonds. The van der Waals surface area contributed by atoms with Gasteiger partial charge in [-0.2, -0.15) is 0 Å². The molecular formula is C30H30Cl2N2O6S. The van der Waals surface area contributed by atoms with Gasteiger partial charge in [0.1, 0.15) is 5.75 Å². The molecule has 8 nitrogen and oxygen atoms in total. The van der Waals surface area contributed by atoms with Crippen LogP contribution in [0.3, 0.4) is 0 Å². The number of hydrogen-bond donors (Lipinski definition) is 2. The molecule has 216 valence electrons. The number of hydrogen-bond acceptors (Lipinski definition) is 7. The molecule has 1 fully saturated rings. The number of nitrogens with one attached hydrogen (secondary N) is 1. The maximum atomic E-state index is 14.0. The van der Waals surface area contributed by atoms with Crippen LogP contribution in [-0.2, 0) is 19.4 Å². The second kappa shape index (κ2) is 12.4. The summed E-state index contributed by atoms with van der Waals surface area (Å²) in [6, 6.07) is 20.0. The number of aliphatic hydroxyl groups is 1. The van der Waals surface area contributed by atoms with Crippen molar-refractivity contribution >= 4 is 44.8 Å². The summed E-state index contributed by atoms with van der Waals surface area (Å²) in [6.07, 6.45) is 1.04. The van der Waals surface area contributed by atoms with E-state index in [0.29, 0.717) is 34.9 Å². The molecule has 0 unspecified atom stereocenters. The van der Waals surface area contributed by atoms with E-state index in [1.807, 2.05) is 0 Å². The largest absolute Gasteiger partial charge is 0.494 e. The van der Waals surface area contributed by atoms with Crippen LogP contribution in [0.2, 0.25) is 10.0 Å². The van der Waals surface area contributed by atoms with E-state index in [0.717, 1.165) is 12.8 Å². The fourth-order valence-corrected chi connectivity index (χ4v) is 6.53. The molecule has 2 N–H and O–H groups in total. The van der Waals surface area contributed by atoms with Crippen molar-refractivity contribution in [3.63, 3.8) is 0 Å². The fraction of sp³-hybridized carbons (Fsp3) is 0.333. The van der Waals surface area contributed by atoms with E-state index < -0.39 is 27.4 Å². The lowest BCUT2D eigenvalue weighted by Gasteiger charge is -2.31. The summed E-state index contributed by atoms with van der Waals surface area (Å²) in [5.74, 6) is 0.0307. The summed E-state index contributed by atoms with van der Waals surface area (Å²) in [5.41, 5.74) is -0.559. The highest BCUT2D eigenvalue weighted by atomic mass is 35.5. The Kier molecular flexibility index (Phi) is 8.89. The van der Waals surface area contributed by atoms with Crippen LogP contribution < -0.4 is 10.1 Å². The van der Waals surface area contributed by atoms with Gasteiger partial charge in [0, 0.05) is 46.7 Å². The number of amides is 1. The molecule has 1 heterocycles. The fourth-order valence-electron chi connectivity index (χ4n) is 4.64. The molecule has 2 atom stereocenters. The van der Waals surface area contributed by atoms with Crippen molar-refractivity contribution in [1.29, 1.82) is 0 Å². The Labute approximate surface area is 249 Å². The lowest BCUT2D eigenvalue weighted by Crippen LogP contribution is -2.50. The molecule has 1 aliphatic carbocycles. The van der Waals surface area contributed by atoms with E-state index in [-0.39, 0.29) is 40.6 Å². The maximum Gasteiger partial charge on any atom is 0.252 e. The first-order chi connectivity index (χ1) is 19.7. The number of benzene rings is 3. The minimum Gasteiger partial charge on any atom is -0.494 e. The number of aliphatic hydroxyl groups excluding tert-OH is 1. The lowest BCUT2D eigenvalue weighted by atomic mass is 9.85. The second-order valence-corrected chi connectivity index (χ2v) is 13.0. The number of sulfone groups is 1. The van der Waals surface area contributed by atoms with E-state index in [4.69, 9.17) is 42.8 Å². The first-order valence-electron chi connectivity index (χ1n) is 13.4. The van der Waals surface area contributed by atoms with Gasteiger partial charge in [-0.1, -0.05) is 47.5 Å². The first-order valence-corrected chi connectivity index (χ1v) is 15.8. The van der Waals surface area contributed by atoms with Crippen molar-refractivity contribution in [2.45, 2.75) is 48.3 Å². The standard InChI is InChI=1S/C30H30Cl2N2O6S/c31-21-9-14-25(26(32)19-21)27-30(29(36)33-22-10-11-22,15-18-41(37,38)24-5-2-1-3-6-24)34-28(40-27)20-7-12-23(13-8-20)39-17-4-16-35/h1-3,5-9,12-14,19,22,27,35H,4,10-11,15-18H2,(H,33,36)/t27-,30-/m1/s1. The van der Waals surface area contributed by atoms with Crippen LogP contribution in [0.4, 0.5) is 0 Å². The second-order valence-electron chi connectivity index (χ2n) is 10.1. The number of carbonyl (C=O) groups is 1. The zero-order valence-corrected chi connectivity index (χ0v) is 24.5. The van der Waals surface area contributed by atoms with Crippen molar-refractivity contribution in [2.24, 2.45) is 4.99 Å². The Bertz CT molecular complexity index is 1530. The molecular weight excluding hydrogens is 587 g/mol. The van der Waals surface area contributed by atoms with Gasteiger partial charge in [0.25, 0.3) is 5.91 Å². The minimum absolute atomic E-state index is 0.000971. The van der Waals surface area contributed by atoms with Crippen LogP contribution in [0.1, 0.15) is 42.9 Å². The zero-order valence-electron chi connectivity index (χ0n) is 22.1. The van der Waals surface area contributed by atoms with E-state index in [2.05, 4.69) is 5.32 Å². The molecule has 0 aromatic heterocycles. The van der Waals surface area contributed by atoms with Gasteiger partial charge in [-0.3, -0.25) is 4.79 Å². The van der Waals surface area contributed by atoms with Crippen LogP contribution in [-0.4, -0.2) is 55.9 Å². The predicted molar refractivity (Wildman–Crippen MR) is 157 cm³/mol. The van der Waals surface area contributed by atoms with Crippen molar-refractivity contribution < 1.29 is 27.8 Å². The lowest BCUT2D eigenvalue weighted by molar-refractivity contribution is -0.129. The Morgan fingerprint density at radius 1 is 1.07 bits per heavy atom. The number of ether oxygens (including phenoxy) is 2. The molecule has 3 aromatic carbocycles. The molecule has 1 aliphatic heterocycles. The van der Waals surface area contributed by atoms with E-state index >= 15 is 0 Å². The minimum atomic E-state index is -3.75. The van der Waals surface area contributed by atoms with Gasteiger partial charge >= 0.3 is 0 Å². The van der Waals surface area contributed by atoms with Gasteiger partial charge < -0.3 is 19.9 Å². The summed E-state index contributed by atoms with van der Waals surface area (Å²) < 4.78 is 38.7. The maximum absolute atomic E-state index is 14.0. The first kappa shape index (κ1) is 29.4. The van der Waals surface area contributed by atoms with Crippen LogP contribution >= 0.6 is 23.2 Å². The topological polar surface area (TPSA) is 114 Å². The summed E-state index contributed by atoms with van der Waals surface area (Å²) >= 11 is 12.8. The van der Waals surface area contributed by atoms with Crippen LogP contribution in [0.15, 0.2) is 82.7 Å². The van der Waals surface area contributed by atoms with Gasteiger partial charge in [-0.05, 0) is 61.4 Å². The summed E-state index contributed by atoms with van der Waals surface area (Å²) in [6.45, 7) is 0.396. The normalized spacial score (nSPS) is 20.3. The Balaban J connectivity index is 1.55. The van der Waals surface area contributed by atoms with Gasteiger partial charge in [0.05, 0.1) is 17.3 Å². The van der Waals surface area contributed by atoms with E-state index in [1.54, 1.807) is 60.7 Å². The van der Waals surface area contributed by atoms with Crippen molar-refractivity contribution in [3.8, 4) is 5.75 Å². The smallest absolute Gasteiger partial charge is 0.252 e. The molecule has 0 saturated heterocycles. The molecule has 41 heavy (non-hydrogen) atoms. The van der Waals surface area contributed by atoms with Crippen LogP contribution in [0.5, 0.6) is 5.75 Å². The monoisotopic (exact) mass is 616 g/mol. The number of aliphatic imine (C=N–C) groups is 1. The molecule has 1 saturated carbocycles. The third-order valence-electron chi connectivity index (χ3n) is 7.04.